The third kappa shape index (κ3) is 3.34. The predicted octanol–water partition coefficient (Wildman–Crippen LogP) is 1.96. The summed E-state index contributed by atoms with van der Waals surface area (Å²) in [6, 6.07) is 5.05. The summed E-state index contributed by atoms with van der Waals surface area (Å²) in [5.41, 5.74) is 1.21. The van der Waals surface area contributed by atoms with Crippen molar-refractivity contribution in [1.82, 2.24) is 5.32 Å². The van der Waals surface area contributed by atoms with Crippen LogP contribution in [0.15, 0.2) is 22.6 Å². The Morgan fingerprint density at radius 1 is 1.43 bits per heavy atom. The van der Waals surface area contributed by atoms with E-state index in [0.29, 0.717) is 16.2 Å². The van der Waals surface area contributed by atoms with Crippen LogP contribution in [0.3, 0.4) is 0 Å². The Kier molecular flexibility index (Phi) is 4.50. The Bertz CT molecular complexity index is 694. The van der Waals surface area contributed by atoms with E-state index in [9.17, 15) is 9.59 Å². The lowest BCUT2D eigenvalue weighted by Gasteiger charge is -2.06. The van der Waals surface area contributed by atoms with E-state index in [1.807, 2.05) is 0 Å². The van der Waals surface area contributed by atoms with Crippen LogP contribution in [0.5, 0.6) is 0 Å². The Hall–Kier alpha value is -2.05. The summed E-state index contributed by atoms with van der Waals surface area (Å²) in [6.45, 7) is 1.77. The number of aliphatic hydroxyl groups excluding tert-OH is 1. The summed E-state index contributed by atoms with van der Waals surface area (Å²) in [7, 11) is 0. The van der Waals surface area contributed by atoms with Crippen molar-refractivity contribution in [2.24, 2.45) is 0 Å². The van der Waals surface area contributed by atoms with Crippen molar-refractivity contribution in [1.29, 1.82) is 0 Å². The number of carbonyl (C=O) groups excluding carboxylic acids is 1. The maximum absolute atomic E-state index is 12.0. The van der Waals surface area contributed by atoms with Crippen molar-refractivity contribution in [3.63, 3.8) is 0 Å². The van der Waals surface area contributed by atoms with Crippen LogP contribution in [0.1, 0.15) is 22.5 Å². The van der Waals surface area contributed by atoms with Crippen molar-refractivity contribution in [3.05, 3.63) is 34.5 Å². The van der Waals surface area contributed by atoms with Gasteiger partial charge in [-0.2, -0.15) is 0 Å². The fourth-order valence-electron chi connectivity index (χ4n) is 1.94. The molecule has 2 aromatic rings. The lowest BCUT2D eigenvalue weighted by atomic mass is 10.1. The summed E-state index contributed by atoms with van der Waals surface area (Å²) in [4.78, 5) is 22.5. The average molecular weight is 312 g/mol. The minimum Gasteiger partial charge on any atom is -0.479 e. The number of carboxylic acids is 1. The minimum atomic E-state index is -1.50. The monoisotopic (exact) mass is 311 g/mol. The summed E-state index contributed by atoms with van der Waals surface area (Å²) in [5, 5.41) is 21.5. The largest absolute Gasteiger partial charge is 0.479 e. The lowest BCUT2D eigenvalue weighted by molar-refractivity contribution is -0.146. The van der Waals surface area contributed by atoms with Gasteiger partial charge in [-0.05, 0) is 25.1 Å². The molecule has 21 heavy (non-hydrogen) atoms. The zero-order chi connectivity index (χ0) is 15.6. The van der Waals surface area contributed by atoms with Crippen LogP contribution in [0.4, 0.5) is 0 Å². The molecule has 1 atom stereocenters. The second-order valence-electron chi connectivity index (χ2n) is 4.60. The van der Waals surface area contributed by atoms with E-state index >= 15 is 0 Å². The number of carboxylic acid groups (broad SMARTS) is 1. The Balaban J connectivity index is 2.09. The van der Waals surface area contributed by atoms with Crippen molar-refractivity contribution in [3.8, 4) is 0 Å². The van der Waals surface area contributed by atoms with Crippen LogP contribution in [0, 0.1) is 6.92 Å². The number of fused-ring (bicyclic) bond motifs is 1. The molecule has 0 spiro atoms. The Morgan fingerprint density at radius 2 is 2.14 bits per heavy atom. The quantitative estimate of drug-likeness (QED) is 0.784. The molecule has 6 nitrogen and oxygen atoms in total. The van der Waals surface area contributed by atoms with E-state index in [1.165, 1.54) is 0 Å². The molecule has 0 aliphatic heterocycles. The normalized spacial score (nSPS) is 12.3. The number of nitrogens with one attached hydrogen (secondary N) is 1. The molecule has 7 heteroatoms. The maximum atomic E-state index is 12.0. The molecular formula is C14H14ClNO5. The highest BCUT2D eigenvalue weighted by Crippen LogP contribution is 2.27. The van der Waals surface area contributed by atoms with Crippen molar-refractivity contribution >= 4 is 34.4 Å². The van der Waals surface area contributed by atoms with Crippen LogP contribution in [-0.2, 0) is 4.79 Å². The first-order chi connectivity index (χ1) is 9.90. The molecular weight excluding hydrogens is 298 g/mol. The van der Waals surface area contributed by atoms with Gasteiger partial charge in [0.2, 0.25) is 0 Å². The molecule has 0 saturated heterocycles. The maximum Gasteiger partial charge on any atom is 0.332 e. The van der Waals surface area contributed by atoms with Gasteiger partial charge in [-0.15, -0.1) is 0 Å². The fraction of sp³-hybridized carbons (Fsp3) is 0.286. The van der Waals surface area contributed by atoms with Crippen LogP contribution in [0.25, 0.3) is 11.0 Å². The van der Waals surface area contributed by atoms with Crippen molar-refractivity contribution in [2.75, 3.05) is 6.54 Å². The van der Waals surface area contributed by atoms with Crippen molar-refractivity contribution in [2.45, 2.75) is 19.4 Å². The number of hydrogen-bond donors (Lipinski definition) is 3. The third-order valence-electron chi connectivity index (χ3n) is 3.09. The number of carbonyl (C=O) groups is 2. The highest BCUT2D eigenvalue weighted by atomic mass is 35.5. The average Bonchev–Trinajstić information content (AvgIpc) is 2.75. The first-order valence-electron chi connectivity index (χ1n) is 6.28. The van der Waals surface area contributed by atoms with Crippen LogP contribution in [-0.4, -0.2) is 34.7 Å². The molecule has 112 valence electrons. The summed E-state index contributed by atoms with van der Waals surface area (Å²) in [6.07, 6.45) is -1.58. The zero-order valence-electron chi connectivity index (χ0n) is 11.2. The molecule has 1 aromatic heterocycles. The molecule has 1 heterocycles. The second-order valence-corrected chi connectivity index (χ2v) is 5.03. The first kappa shape index (κ1) is 15.3. The van der Waals surface area contributed by atoms with Gasteiger partial charge >= 0.3 is 5.97 Å². The van der Waals surface area contributed by atoms with E-state index in [0.717, 1.165) is 5.39 Å². The first-order valence-corrected chi connectivity index (χ1v) is 6.65. The number of hydrogen-bond acceptors (Lipinski definition) is 4. The van der Waals surface area contributed by atoms with Gasteiger partial charge in [0.15, 0.2) is 11.9 Å². The molecule has 0 bridgehead atoms. The van der Waals surface area contributed by atoms with E-state index in [2.05, 4.69) is 5.32 Å². The fourth-order valence-corrected chi connectivity index (χ4v) is 2.11. The third-order valence-corrected chi connectivity index (χ3v) is 3.33. The molecule has 1 aromatic carbocycles. The number of aliphatic carboxylic acids is 1. The van der Waals surface area contributed by atoms with Gasteiger partial charge in [0.25, 0.3) is 5.91 Å². The van der Waals surface area contributed by atoms with Gasteiger partial charge in [0, 0.05) is 28.9 Å². The summed E-state index contributed by atoms with van der Waals surface area (Å²) < 4.78 is 5.47. The van der Waals surface area contributed by atoms with Gasteiger partial charge in [-0.1, -0.05) is 11.6 Å². The number of rotatable bonds is 5. The van der Waals surface area contributed by atoms with E-state index < -0.39 is 18.0 Å². The zero-order valence-corrected chi connectivity index (χ0v) is 12.0. The number of halogens is 1. The van der Waals surface area contributed by atoms with Gasteiger partial charge in [0.05, 0.1) is 0 Å². The Morgan fingerprint density at radius 3 is 2.81 bits per heavy atom. The number of benzene rings is 1. The van der Waals surface area contributed by atoms with E-state index in [1.54, 1.807) is 25.1 Å². The van der Waals surface area contributed by atoms with Gasteiger partial charge < -0.3 is 19.9 Å². The van der Waals surface area contributed by atoms with Crippen molar-refractivity contribution < 1.29 is 24.2 Å². The molecule has 2 rings (SSSR count). The number of aliphatic hydroxyl groups is 1. The van der Waals surface area contributed by atoms with Crippen LogP contribution >= 0.6 is 11.6 Å². The second kappa shape index (κ2) is 6.15. The van der Waals surface area contributed by atoms with Gasteiger partial charge in [0.1, 0.15) is 5.58 Å². The molecule has 0 fully saturated rings. The molecule has 3 N–H and O–H groups in total. The van der Waals surface area contributed by atoms with Gasteiger partial charge in [-0.3, -0.25) is 4.79 Å². The van der Waals surface area contributed by atoms with E-state index in [-0.39, 0.29) is 18.7 Å². The van der Waals surface area contributed by atoms with E-state index in [4.69, 9.17) is 26.2 Å². The predicted molar refractivity (Wildman–Crippen MR) is 76.6 cm³/mol. The number of amides is 1. The number of aryl methyl sites for hydroxylation is 1. The highest BCUT2D eigenvalue weighted by Gasteiger charge is 2.18. The smallest absolute Gasteiger partial charge is 0.332 e. The Labute approximate surface area is 125 Å². The lowest BCUT2D eigenvalue weighted by Crippen LogP contribution is -2.30. The minimum absolute atomic E-state index is 0.0313. The molecule has 0 saturated carbocycles. The molecule has 1 amide bonds. The van der Waals surface area contributed by atoms with Gasteiger partial charge in [-0.25, -0.2) is 4.79 Å². The molecule has 1 unspecified atom stereocenters. The van der Waals surface area contributed by atoms with Crippen LogP contribution in [0.2, 0.25) is 5.02 Å². The number of furan rings is 1. The highest BCUT2D eigenvalue weighted by molar-refractivity contribution is 6.31. The standard InChI is InChI=1S/C14H14ClNO5/c1-7-9-6-8(15)2-3-11(9)21-12(7)13(18)16-5-4-10(17)14(19)20/h2-3,6,10,17H,4-5H2,1H3,(H,16,18)(H,19,20). The molecule has 0 aliphatic carbocycles. The summed E-state index contributed by atoms with van der Waals surface area (Å²) >= 11 is 5.90. The van der Waals surface area contributed by atoms with Crippen LogP contribution < -0.4 is 5.32 Å². The molecule has 0 radical (unpaired) electrons. The SMILES string of the molecule is Cc1c(C(=O)NCCC(O)C(=O)O)oc2ccc(Cl)cc12. The molecule has 0 aliphatic rings. The topological polar surface area (TPSA) is 99.8 Å². The summed E-state index contributed by atoms with van der Waals surface area (Å²) in [5.74, 6) is -1.63.